The van der Waals surface area contributed by atoms with E-state index in [4.69, 9.17) is 0 Å². The smallest absolute Gasteiger partial charge is 0.240 e. The molecule has 0 atom stereocenters. The number of carbonyl (C=O) groups excluding carboxylic acids is 1. The molecule has 0 unspecified atom stereocenters. The number of rotatable bonds is 8. The molecule has 170 valence electrons. The Morgan fingerprint density at radius 2 is 1.78 bits per heavy atom. The first-order chi connectivity index (χ1) is 15.0. The average Bonchev–Trinajstić information content (AvgIpc) is 3.02. The van der Waals surface area contributed by atoms with Gasteiger partial charge in [0.25, 0.3) is 0 Å². The standard InChI is InChI=1S/C21H27N7O3S/c1-13-10-18(26-17(5)29)6-7-19(13)32(30,31)23-9-8-22-20-12-21(25-16(4)24-20)28-15(3)11-14(2)27-28/h6-7,10-12,23H,8-9H2,1-5H3,(H,26,29)(H,22,24,25). The van der Waals surface area contributed by atoms with Crippen LogP contribution in [0.25, 0.3) is 5.82 Å². The number of benzene rings is 1. The monoisotopic (exact) mass is 457 g/mol. The summed E-state index contributed by atoms with van der Waals surface area (Å²) in [6, 6.07) is 8.39. The van der Waals surface area contributed by atoms with Gasteiger partial charge in [0.15, 0.2) is 5.82 Å². The lowest BCUT2D eigenvalue weighted by Crippen LogP contribution is -2.29. The van der Waals surface area contributed by atoms with E-state index in [-0.39, 0.29) is 17.3 Å². The van der Waals surface area contributed by atoms with Gasteiger partial charge in [0, 0.05) is 37.5 Å². The summed E-state index contributed by atoms with van der Waals surface area (Å²) in [5, 5.41) is 10.2. The third kappa shape index (κ3) is 5.68. The minimum atomic E-state index is -3.70. The van der Waals surface area contributed by atoms with Gasteiger partial charge in [-0.15, -0.1) is 0 Å². The number of anilines is 2. The summed E-state index contributed by atoms with van der Waals surface area (Å²) in [6.07, 6.45) is 0. The molecule has 1 aromatic carbocycles. The zero-order valence-electron chi connectivity index (χ0n) is 18.7. The molecule has 3 N–H and O–H groups in total. The number of hydrogen-bond acceptors (Lipinski definition) is 7. The molecule has 2 aromatic heterocycles. The van der Waals surface area contributed by atoms with Gasteiger partial charge in [-0.05, 0) is 57.5 Å². The second kappa shape index (κ2) is 9.45. The number of nitrogens with one attached hydrogen (secondary N) is 3. The van der Waals surface area contributed by atoms with Gasteiger partial charge in [0.05, 0.1) is 10.6 Å². The van der Waals surface area contributed by atoms with E-state index in [0.29, 0.717) is 35.3 Å². The molecule has 0 bridgehead atoms. The van der Waals surface area contributed by atoms with Crippen LogP contribution in [-0.4, -0.2) is 47.2 Å². The van der Waals surface area contributed by atoms with Crippen molar-refractivity contribution in [2.75, 3.05) is 23.7 Å². The Bertz CT molecular complexity index is 1250. The molecule has 3 aromatic rings. The number of sulfonamides is 1. The van der Waals surface area contributed by atoms with Crippen molar-refractivity contribution >= 4 is 27.4 Å². The highest BCUT2D eigenvalue weighted by Crippen LogP contribution is 2.19. The Morgan fingerprint density at radius 3 is 2.41 bits per heavy atom. The van der Waals surface area contributed by atoms with E-state index in [9.17, 15) is 13.2 Å². The predicted octanol–water partition coefficient (Wildman–Crippen LogP) is 2.24. The van der Waals surface area contributed by atoms with Crippen molar-refractivity contribution in [1.29, 1.82) is 0 Å². The van der Waals surface area contributed by atoms with E-state index in [1.807, 2.05) is 19.9 Å². The van der Waals surface area contributed by atoms with Gasteiger partial charge in [-0.25, -0.2) is 27.8 Å². The molecule has 2 heterocycles. The molecule has 0 aliphatic heterocycles. The van der Waals surface area contributed by atoms with E-state index >= 15 is 0 Å². The maximum Gasteiger partial charge on any atom is 0.240 e. The normalized spacial score (nSPS) is 11.4. The van der Waals surface area contributed by atoms with Gasteiger partial charge in [-0.3, -0.25) is 4.79 Å². The average molecular weight is 458 g/mol. The number of nitrogens with zero attached hydrogens (tertiary/aromatic N) is 4. The van der Waals surface area contributed by atoms with Crippen molar-refractivity contribution in [1.82, 2.24) is 24.5 Å². The number of aromatic nitrogens is 4. The van der Waals surface area contributed by atoms with Crippen LogP contribution in [0.4, 0.5) is 11.5 Å². The van der Waals surface area contributed by atoms with E-state index < -0.39 is 10.0 Å². The zero-order valence-corrected chi connectivity index (χ0v) is 19.5. The summed E-state index contributed by atoms with van der Waals surface area (Å²) in [6.45, 7) is 9.22. The number of hydrogen-bond donors (Lipinski definition) is 3. The molecule has 10 nitrogen and oxygen atoms in total. The summed E-state index contributed by atoms with van der Waals surface area (Å²) in [5.74, 6) is 1.58. The summed E-state index contributed by atoms with van der Waals surface area (Å²) >= 11 is 0. The number of amides is 1. The second-order valence-electron chi connectivity index (χ2n) is 7.48. The van der Waals surface area contributed by atoms with Crippen LogP contribution in [-0.2, 0) is 14.8 Å². The van der Waals surface area contributed by atoms with Crippen molar-refractivity contribution in [3.05, 3.63) is 53.1 Å². The Kier molecular flexibility index (Phi) is 6.90. The van der Waals surface area contributed by atoms with Crippen molar-refractivity contribution < 1.29 is 13.2 Å². The minimum Gasteiger partial charge on any atom is -0.369 e. The second-order valence-corrected chi connectivity index (χ2v) is 9.22. The quantitative estimate of drug-likeness (QED) is 0.442. The molecule has 0 fully saturated rings. The van der Waals surface area contributed by atoms with E-state index in [1.165, 1.54) is 13.0 Å². The lowest BCUT2D eigenvalue weighted by molar-refractivity contribution is -0.114. The topological polar surface area (TPSA) is 131 Å². The Morgan fingerprint density at radius 1 is 1.03 bits per heavy atom. The molecule has 0 saturated heterocycles. The van der Waals surface area contributed by atoms with Crippen LogP contribution >= 0.6 is 0 Å². The highest BCUT2D eigenvalue weighted by molar-refractivity contribution is 7.89. The van der Waals surface area contributed by atoms with Gasteiger partial charge in [-0.2, -0.15) is 5.10 Å². The third-order valence-electron chi connectivity index (χ3n) is 4.56. The zero-order chi connectivity index (χ0) is 23.5. The lowest BCUT2D eigenvalue weighted by Gasteiger charge is -2.12. The van der Waals surface area contributed by atoms with Gasteiger partial charge in [0.1, 0.15) is 11.6 Å². The van der Waals surface area contributed by atoms with Crippen LogP contribution in [0.2, 0.25) is 0 Å². The fraction of sp³-hybridized carbons (Fsp3) is 0.333. The van der Waals surface area contributed by atoms with Gasteiger partial charge in [-0.1, -0.05) is 0 Å². The highest BCUT2D eigenvalue weighted by atomic mass is 32.2. The molecular weight excluding hydrogens is 430 g/mol. The Labute approximate surface area is 187 Å². The minimum absolute atomic E-state index is 0.160. The number of aryl methyl sites for hydroxylation is 4. The van der Waals surface area contributed by atoms with Crippen LogP contribution in [0.15, 0.2) is 35.2 Å². The van der Waals surface area contributed by atoms with Crippen LogP contribution < -0.4 is 15.4 Å². The van der Waals surface area contributed by atoms with Crippen LogP contribution in [0, 0.1) is 27.7 Å². The number of carbonyl (C=O) groups is 1. The molecule has 0 aliphatic rings. The van der Waals surface area contributed by atoms with Crippen LogP contribution in [0.3, 0.4) is 0 Å². The fourth-order valence-electron chi connectivity index (χ4n) is 3.30. The van der Waals surface area contributed by atoms with Crippen molar-refractivity contribution in [3.63, 3.8) is 0 Å². The molecule has 0 saturated carbocycles. The summed E-state index contributed by atoms with van der Waals surface area (Å²) < 4.78 is 29.7. The molecule has 0 radical (unpaired) electrons. The van der Waals surface area contributed by atoms with E-state index in [2.05, 4.69) is 30.4 Å². The molecule has 0 spiro atoms. The highest BCUT2D eigenvalue weighted by Gasteiger charge is 2.17. The summed E-state index contributed by atoms with van der Waals surface area (Å²) in [4.78, 5) is 20.1. The van der Waals surface area contributed by atoms with Gasteiger partial charge in [0.2, 0.25) is 15.9 Å². The van der Waals surface area contributed by atoms with Crippen molar-refractivity contribution in [3.8, 4) is 5.82 Å². The first kappa shape index (κ1) is 23.4. The summed E-state index contributed by atoms with van der Waals surface area (Å²) in [5.41, 5.74) is 2.94. The maximum atomic E-state index is 12.7. The van der Waals surface area contributed by atoms with Crippen molar-refractivity contribution in [2.24, 2.45) is 0 Å². The van der Waals surface area contributed by atoms with E-state index in [1.54, 1.807) is 36.7 Å². The largest absolute Gasteiger partial charge is 0.369 e. The molecule has 0 aliphatic carbocycles. The molecule has 32 heavy (non-hydrogen) atoms. The van der Waals surface area contributed by atoms with Gasteiger partial charge >= 0.3 is 0 Å². The van der Waals surface area contributed by atoms with Crippen molar-refractivity contribution in [2.45, 2.75) is 39.5 Å². The fourth-order valence-corrected chi connectivity index (χ4v) is 4.55. The van der Waals surface area contributed by atoms with Gasteiger partial charge < -0.3 is 10.6 Å². The Balaban J connectivity index is 1.64. The molecule has 11 heteroatoms. The first-order valence-corrected chi connectivity index (χ1v) is 11.5. The SMILES string of the molecule is CC(=O)Nc1ccc(S(=O)(=O)NCCNc2cc(-n3nc(C)cc3C)nc(C)n2)c(C)c1. The van der Waals surface area contributed by atoms with Crippen LogP contribution in [0.1, 0.15) is 29.7 Å². The molecule has 3 rings (SSSR count). The first-order valence-electron chi connectivity index (χ1n) is 10.1. The van der Waals surface area contributed by atoms with Crippen LogP contribution in [0.5, 0.6) is 0 Å². The maximum absolute atomic E-state index is 12.7. The molecular formula is C21H27N7O3S. The molecule has 1 amide bonds. The Hall–Kier alpha value is -3.31. The third-order valence-corrected chi connectivity index (χ3v) is 6.18. The summed E-state index contributed by atoms with van der Waals surface area (Å²) in [7, 11) is -3.70. The van der Waals surface area contributed by atoms with E-state index in [0.717, 1.165) is 11.4 Å². The lowest BCUT2D eigenvalue weighted by atomic mass is 10.2. The predicted molar refractivity (Wildman–Crippen MR) is 123 cm³/mol.